The van der Waals surface area contributed by atoms with Gasteiger partial charge in [-0.2, -0.15) is 0 Å². The van der Waals surface area contributed by atoms with Crippen LogP contribution in [-0.2, 0) is 9.53 Å². The van der Waals surface area contributed by atoms with Crippen molar-refractivity contribution in [2.45, 2.75) is 38.1 Å². The molecule has 2 rings (SSSR count). The highest BCUT2D eigenvalue weighted by Gasteiger charge is 2.42. The van der Waals surface area contributed by atoms with E-state index < -0.39 is 0 Å². The standard InChI is InChI=1S/C12H22N2O2/c1-12(8-13,10-4-5-10)14-11(15)9-3-2-6-16-7-9/h9-10H,2-8,13H2,1H3,(H,14,15). The van der Waals surface area contributed by atoms with Crippen molar-refractivity contribution in [1.82, 2.24) is 5.32 Å². The minimum absolute atomic E-state index is 0.0263. The van der Waals surface area contributed by atoms with Gasteiger partial charge in [0.25, 0.3) is 0 Å². The van der Waals surface area contributed by atoms with E-state index in [0.29, 0.717) is 19.1 Å². The third kappa shape index (κ3) is 2.55. The molecule has 0 aromatic carbocycles. The maximum absolute atomic E-state index is 12.1. The van der Waals surface area contributed by atoms with Crippen molar-refractivity contribution in [1.29, 1.82) is 0 Å². The molecule has 1 aliphatic carbocycles. The predicted molar refractivity (Wildman–Crippen MR) is 61.9 cm³/mol. The lowest BCUT2D eigenvalue weighted by Crippen LogP contribution is -2.55. The van der Waals surface area contributed by atoms with Gasteiger partial charge >= 0.3 is 0 Å². The highest BCUT2D eigenvalue weighted by atomic mass is 16.5. The normalized spacial score (nSPS) is 29.5. The molecule has 1 saturated carbocycles. The molecule has 1 amide bonds. The summed E-state index contributed by atoms with van der Waals surface area (Å²) < 4.78 is 5.34. The quantitative estimate of drug-likeness (QED) is 0.740. The van der Waals surface area contributed by atoms with E-state index in [2.05, 4.69) is 12.2 Å². The van der Waals surface area contributed by atoms with Gasteiger partial charge in [-0.25, -0.2) is 0 Å². The van der Waals surface area contributed by atoms with E-state index >= 15 is 0 Å². The third-order valence-electron chi connectivity index (χ3n) is 3.84. The Kier molecular flexibility index (Phi) is 3.50. The first-order valence-corrected chi connectivity index (χ1v) is 6.25. The van der Waals surface area contributed by atoms with Gasteiger partial charge < -0.3 is 15.8 Å². The van der Waals surface area contributed by atoms with Crippen LogP contribution < -0.4 is 11.1 Å². The van der Waals surface area contributed by atoms with Crippen molar-refractivity contribution in [2.24, 2.45) is 17.6 Å². The minimum Gasteiger partial charge on any atom is -0.381 e. The van der Waals surface area contributed by atoms with Crippen molar-refractivity contribution in [3.63, 3.8) is 0 Å². The molecular weight excluding hydrogens is 204 g/mol. The van der Waals surface area contributed by atoms with Gasteiger partial charge in [0.1, 0.15) is 0 Å². The Morgan fingerprint density at radius 1 is 1.50 bits per heavy atom. The summed E-state index contributed by atoms with van der Waals surface area (Å²) in [6.45, 7) is 3.95. The topological polar surface area (TPSA) is 64.3 Å². The zero-order valence-electron chi connectivity index (χ0n) is 10.00. The van der Waals surface area contributed by atoms with Gasteiger partial charge in [0.2, 0.25) is 5.91 Å². The van der Waals surface area contributed by atoms with E-state index in [0.717, 1.165) is 19.4 Å². The molecule has 1 aliphatic heterocycles. The minimum atomic E-state index is -0.200. The molecule has 1 heterocycles. The zero-order valence-corrected chi connectivity index (χ0v) is 10.00. The van der Waals surface area contributed by atoms with Crippen molar-refractivity contribution < 1.29 is 9.53 Å². The van der Waals surface area contributed by atoms with Crippen LogP contribution in [0.5, 0.6) is 0 Å². The fourth-order valence-corrected chi connectivity index (χ4v) is 2.37. The number of rotatable bonds is 4. The monoisotopic (exact) mass is 226 g/mol. The van der Waals surface area contributed by atoms with Crippen LogP contribution in [0.4, 0.5) is 0 Å². The fourth-order valence-electron chi connectivity index (χ4n) is 2.37. The molecule has 4 heteroatoms. The Labute approximate surface area is 96.9 Å². The molecule has 2 fully saturated rings. The number of carbonyl (C=O) groups is 1. The van der Waals surface area contributed by atoms with Gasteiger partial charge in [-0.15, -0.1) is 0 Å². The molecule has 0 aromatic rings. The molecule has 0 spiro atoms. The number of ether oxygens (including phenoxy) is 1. The average molecular weight is 226 g/mol. The maximum Gasteiger partial charge on any atom is 0.225 e. The molecule has 1 saturated heterocycles. The van der Waals surface area contributed by atoms with Gasteiger partial charge in [-0.1, -0.05) is 0 Å². The summed E-state index contributed by atoms with van der Waals surface area (Å²) in [6.07, 6.45) is 4.31. The van der Waals surface area contributed by atoms with Gasteiger partial charge in [-0.05, 0) is 38.5 Å². The van der Waals surface area contributed by atoms with Crippen LogP contribution in [0, 0.1) is 11.8 Å². The van der Waals surface area contributed by atoms with E-state index in [1.807, 2.05) is 0 Å². The highest BCUT2D eigenvalue weighted by Crippen LogP contribution is 2.39. The Morgan fingerprint density at radius 2 is 2.25 bits per heavy atom. The summed E-state index contributed by atoms with van der Waals surface area (Å²) in [6, 6.07) is 0. The summed E-state index contributed by atoms with van der Waals surface area (Å²) in [4.78, 5) is 12.1. The van der Waals surface area contributed by atoms with E-state index in [1.54, 1.807) is 0 Å². The number of carbonyl (C=O) groups excluding carboxylic acids is 1. The van der Waals surface area contributed by atoms with Gasteiger partial charge in [0, 0.05) is 13.2 Å². The Hall–Kier alpha value is -0.610. The Bertz CT molecular complexity index is 260. The second-order valence-corrected chi connectivity index (χ2v) is 5.30. The van der Waals surface area contributed by atoms with Gasteiger partial charge in [0.05, 0.1) is 18.1 Å². The molecule has 0 bridgehead atoms. The van der Waals surface area contributed by atoms with Crippen LogP contribution in [0.1, 0.15) is 32.6 Å². The number of nitrogens with two attached hydrogens (primary N) is 1. The lowest BCUT2D eigenvalue weighted by atomic mass is 9.93. The van der Waals surface area contributed by atoms with Crippen molar-refractivity contribution in [3.05, 3.63) is 0 Å². The lowest BCUT2D eigenvalue weighted by molar-refractivity contribution is -0.131. The molecule has 4 nitrogen and oxygen atoms in total. The maximum atomic E-state index is 12.1. The zero-order chi connectivity index (χ0) is 11.6. The highest BCUT2D eigenvalue weighted by molar-refractivity contribution is 5.79. The molecule has 92 valence electrons. The fraction of sp³-hybridized carbons (Fsp3) is 0.917. The molecular formula is C12H22N2O2. The number of hydrogen-bond acceptors (Lipinski definition) is 3. The van der Waals surface area contributed by atoms with Crippen LogP contribution >= 0.6 is 0 Å². The van der Waals surface area contributed by atoms with Crippen LogP contribution in [0.25, 0.3) is 0 Å². The molecule has 2 atom stereocenters. The smallest absolute Gasteiger partial charge is 0.225 e. The molecule has 2 unspecified atom stereocenters. The Morgan fingerprint density at radius 3 is 2.75 bits per heavy atom. The molecule has 3 N–H and O–H groups in total. The third-order valence-corrected chi connectivity index (χ3v) is 3.84. The summed E-state index contributed by atoms with van der Waals surface area (Å²) in [5.74, 6) is 0.726. The SMILES string of the molecule is CC(CN)(NC(=O)C1CCCOC1)C1CC1. The number of amides is 1. The van der Waals surface area contributed by atoms with Crippen molar-refractivity contribution in [2.75, 3.05) is 19.8 Å². The van der Waals surface area contributed by atoms with E-state index in [4.69, 9.17) is 10.5 Å². The summed E-state index contributed by atoms with van der Waals surface area (Å²) >= 11 is 0. The Balaban J connectivity index is 1.89. The first kappa shape index (κ1) is 11.9. The average Bonchev–Trinajstić information content (AvgIpc) is 3.14. The van der Waals surface area contributed by atoms with Crippen LogP contribution in [0.15, 0.2) is 0 Å². The molecule has 0 aromatic heterocycles. The number of nitrogens with one attached hydrogen (secondary N) is 1. The lowest BCUT2D eigenvalue weighted by Gasteiger charge is -2.32. The first-order chi connectivity index (χ1) is 7.65. The predicted octanol–water partition coefficient (Wildman–Crippen LogP) is 0.657. The van der Waals surface area contributed by atoms with Crippen LogP contribution in [0.2, 0.25) is 0 Å². The summed E-state index contributed by atoms with van der Waals surface area (Å²) in [5.41, 5.74) is 5.58. The largest absolute Gasteiger partial charge is 0.381 e. The second-order valence-electron chi connectivity index (χ2n) is 5.30. The van der Waals surface area contributed by atoms with Gasteiger partial charge in [0.15, 0.2) is 0 Å². The van der Waals surface area contributed by atoms with Gasteiger partial charge in [-0.3, -0.25) is 4.79 Å². The van der Waals surface area contributed by atoms with Crippen LogP contribution in [0.3, 0.4) is 0 Å². The van der Waals surface area contributed by atoms with Crippen LogP contribution in [-0.4, -0.2) is 31.2 Å². The molecule has 2 aliphatic rings. The second kappa shape index (κ2) is 4.72. The van der Waals surface area contributed by atoms with E-state index in [9.17, 15) is 4.79 Å². The first-order valence-electron chi connectivity index (χ1n) is 6.25. The number of hydrogen-bond donors (Lipinski definition) is 2. The van der Waals surface area contributed by atoms with Crippen molar-refractivity contribution in [3.8, 4) is 0 Å². The summed E-state index contributed by atoms with van der Waals surface area (Å²) in [5, 5.41) is 3.13. The van der Waals surface area contributed by atoms with E-state index in [1.165, 1.54) is 12.8 Å². The summed E-state index contributed by atoms with van der Waals surface area (Å²) in [7, 11) is 0. The van der Waals surface area contributed by atoms with E-state index in [-0.39, 0.29) is 17.4 Å². The molecule has 16 heavy (non-hydrogen) atoms. The molecule has 0 radical (unpaired) electrons. The van der Waals surface area contributed by atoms with Crippen molar-refractivity contribution >= 4 is 5.91 Å².